The van der Waals surface area contributed by atoms with Crippen molar-refractivity contribution >= 4 is 5.91 Å². The van der Waals surface area contributed by atoms with Crippen LogP contribution >= 0.6 is 0 Å². The highest BCUT2D eigenvalue weighted by Crippen LogP contribution is 2.30. The zero-order valence-electron chi connectivity index (χ0n) is 20.5. The summed E-state index contributed by atoms with van der Waals surface area (Å²) in [6.07, 6.45) is -3.86. The van der Waals surface area contributed by atoms with E-state index < -0.39 is 17.6 Å². The first-order valence-electron chi connectivity index (χ1n) is 12.1. The maximum Gasteiger partial charge on any atom is 0.416 e. The molecule has 0 unspecified atom stereocenters. The van der Waals surface area contributed by atoms with Crippen LogP contribution in [0.3, 0.4) is 0 Å². The fourth-order valence-corrected chi connectivity index (χ4v) is 4.27. The molecule has 190 valence electrons. The summed E-state index contributed by atoms with van der Waals surface area (Å²) in [5.41, 5.74) is 3.42. The molecule has 0 aliphatic carbocycles. The van der Waals surface area contributed by atoms with Gasteiger partial charge in [0.25, 0.3) is 5.91 Å². The Morgan fingerprint density at radius 2 is 1.69 bits per heavy atom. The Balaban J connectivity index is 1.63. The molecular formula is C29H30F3NO3. The molecule has 4 nitrogen and oxygen atoms in total. The van der Waals surface area contributed by atoms with Crippen LogP contribution in [-0.4, -0.2) is 37.2 Å². The van der Waals surface area contributed by atoms with Gasteiger partial charge in [-0.1, -0.05) is 56.3 Å². The van der Waals surface area contributed by atoms with Gasteiger partial charge in [-0.2, -0.15) is 13.2 Å². The Morgan fingerprint density at radius 3 is 2.47 bits per heavy atom. The van der Waals surface area contributed by atoms with Gasteiger partial charge in [-0.25, -0.2) is 0 Å². The Morgan fingerprint density at radius 1 is 0.917 bits per heavy atom. The zero-order chi connectivity index (χ0) is 25.7. The number of nitrogens with zero attached hydrogens (tertiary/aromatic N) is 1. The quantitative estimate of drug-likeness (QED) is 0.407. The van der Waals surface area contributed by atoms with E-state index in [1.54, 1.807) is 0 Å². The fourth-order valence-electron chi connectivity index (χ4n) is 4.27. The van der Waals surface area contributed by atoms with Crippen molar-refractivity contribution < 1.29 is 27.4 Å². The standard InChI is InChI=1S/C29H30F3NO3/c1-20(2)23-9-10-27-25(17-23)16-21-5-3-6-22(15-21)19-33(11-12-35-13-14-36-27)28(34)24-7-4-8-26(18-24)29(30,31)32/h3-10,15,17-18,20H,11-14,16,19H2,1-2H3. The van der Waals surface area contributed by atoms with Gasteiger partial charge in [0.2, 0.25) is 0 Å². The van der Waals surface area contributed by atoms with Gasteiger partial charge < -0.3 is 14.4 Å². The average Bonchev–Trinajstić information content (AvgIpc) is 2.85. The molecule has 1 amide bonds. The summed E-state index contributed by atoms with van der Waals surface area (Å²) in [6, 6.07) is 18.7. The smallest absolute Gasteiger partial charge is 0.416 e. The maximum atomic E-state index is 13.3. The highest BCUT2D eigenvalue weighted by atomic mass is 19.4. The third-order valence-corrected chi connectivity index (χ3v) is 6.23. The molecule has 36 heavy (non-hydrogen) atoms. The second-order valence-corrected chi connectivity index (χ2v) is 9.28. The summed E-state index contributed by atoms with van der Waals surface area (Å²) >= 11 is 0. The molecule has 1 aliphatic rings. The Labute approximate surface area is 209 Å². The number of benzene rings is 3. The first-order chi connectivity index (χ1) is 17.2. The fraction of sp³-hybridized carbons (Fsp3) is 0.345. The number of hydrogen-bond donors (Lipinski definition) is 0. The summed E-state index contributed by atoms with van der Waals surface area (Å²) < 4.78 is 51.3. The van der Waals surface area contributed by atoms with Gasteiger partial charge >= 0.3 is 6.18 Å². The number of ether oxygens (including phenoxy) is 2. The van der Waals surface area contributed by atoms with E-state index in [1.807, 2.05) is 30.3 Å². The molecule has 0 radical (unpaired) electrons. The van der Waals surface area contributed by atoms with Crippen molar-refractivity contribution in [3.05, 3.63) is 100 Å². The summed E-state index contributed by atoms with van der Waals surface area (Å²) in [5, 5.41) is 0. The van der Waals surface area contributed by atoms with Crippen LogP contribution in [0.15, 0.2) is 66.7 Å². The van der Waals surface area contributed by atoms with Crippen molar-refractivity contribution in [3.8, 4) is 5.75 Å². The van der Waals surface area contributed by atoms with Crippen molar-refractivity contribution in [2.24, 2.45) is 0 Å². The molecule has 0 N–H and O–H groups in total. The number of halogens is 3. The molecule has 4 rings (SSSR count). The molecule has 3 aromatic rings. The third-order valence-electron chi connectivity index (χ3n) is 6.23. The normalized spacial score (nSPS) is 15.1. The topological polar surface area (TPSA) is 38.8 Å². The number of carbonyl (C=O) groups excluding carboxylic acids is 1. The van der Waals surface area contributed by atoms with Crippen LogP contribution in [0.2, 0.25) is 0 Å². The van der Waals surface area contributed by atoms with Crippen LogP contribution in [0, 0.1) is 0 Å². The monoisotopic (exact) mass is 497 g/mol. The minimum atomic E-state index is -4.52. The molecule has 2 bridgehead atoms. The minimum absolute atomic E-state index is 0.000529. The molecule has 3 aromatic carbocycles. The van der Waals surface area contributed by atoms with Gasteiger partial charge in [0.05, 0.1) is 18.8 Å². The molecule has 1 aliphatic heterocycles. The number of alkyl halides is 3. The summed E-state index contributed by atoms with van der Waals surface area (Å²) in [7, 11) is 0. The second-order valence-electron chi connectivity index (χ2n) is 9.28. The minimum Gasteiger partial charge on any atom is -0.491 e. The van der Waals surface area contributed by atoms with E-state index in [0.717, 1.165) is 34.6 Å². The molecule has 0 aromatic heterocycles. The molecule has 0 atom stereocenters. The molecule has 0 spiro atoms. The number of rotatable bonds is 2. The maximum absolute atomic E-state index is 13.3. The average molecular weight is 498 g/mol. The van der Waals surface area contributed by atoms with Crippen molar-refractivity contribution in [1.29, 1.82) is 0 Å². The molecule has 0 fully saturated rings. The van der Waals surface area contributed by atoms with Crippen molar-refractivity contribution in [3.63, 3.8) is 0 Å². The number of hydrogen-bond acceptors (Lipinski definition) is 3. The number of carbonyl (C=O) groups is 1. The van der Waals surface area contributed by atoms with Crippen LogP contribution in [0.5, 0.6) is 5.75 Å². The van der Waals surface area contributed by atoms with E-state index in [1.165, 1.54) is 22.6 Å². The van der Waals surface area contributed by atoms with E-state index in [2.05, 4.69) is 26.0 Å². The number of fused-ring (bicyclic) bond motifs is 3. The Hall–Kier alpha value is -3.32. The lowest BCUT2D eigenvalue weighted by Gasteiger charge is -2.24. The summed E-state index contributed by atoms with van der Waals surface area (Å²) in [4.78, 5) is 14.8. The molecular weight excluding hydrogens is 467 g/mol. The van der Waals surface area contributed by atoms with Gasteiger partial charge in [0, 0.05) is 25.1 Å². The lowest BCUT2D eigenvalue weighted by molar-refractivity contribution is -0.137. The van der Waals surface area contributed by atoms with Crippen molar-refractivity contribution in [2.45, 2.75) is 38.9 Å². The van der Waals surface area contributed by atoms with E-state index in [0.29, 0.717) is 25.6 Å². The second kappa shape index (κ2) is 11.2. The Kier molecular flexibility index (Phi) is 7.99. The highest BCUT2D eigenvalue weighted by Gasteiger charge is 2.31. The van der Waals surface area contributed by atoms with Gasteiger partial charge in [-0.05, 0) is 52.4 Å². The first kappa shape index (κ1) is 25.8. The third kappa shape index (κ3) is 6.46. The predicted molar refractivity (Wildman–Crippen MR) is 132 cm³/mol. The molecule has 7 heteroatoms. The van der Waals surface area contributed by atoms with E-state index in [9.17, 15) is 18.0 Å². The molecule has 1 heterocycles. The SMILES string of the molecule is CC(C)c1ccc2c(c1)Cc1cccc(c1)CN(C(=O)c1cccc(C(F)(F)F)c1)CCOCCO2. The zero-order valence-corrected chi connectivity index (χ0v) is 20.5. The van der Waals surface area contributed by atoms with Crippen LogP contribution in [0.4, 0.5) is 13.2 Å². The van der Waals surface area contributed by atoms with Gasteiger partial charge in [-0.15, -0.1) is 0 Å². The van der Waals surface area contributed by atoms with Crippen molar-refractivity contribution in [1.82, 2.24) is 4.90 Å². The largest absolute Gasteiger partial charge is 0.491 e. The van der Waals surface area contributed by atoms with Crippen LogP contribution in [0.1, 0.15) is 57.9 Å². The molecule has 0 saturated heterocycles. The molecule has 0 saturated carbocycles. The Bertz CT molecular complexity index is 1210. The number of amides is 1. The van der Waals surface area contributed by atoms with Crippen LogP contribution in [0.25, 0.3) is 0 Å². The van der Waals surface area contributed by atoms with E-state index >= 15 is 0 Å². The van der Waals surface area contributed by atoms with E-state index in [4.69, 9.17) is 9.47 Å². The van der Waals surface area contributed by atoms with Gasteiger partial charge in [-0.3, -0.25) is 4.79 Å². The van der Waals surface area contributed by atoms with Gasteiger partial charge in [0.1, 0.15) is 12.4 Å². The first-order valence-corrected chi connectivity index (χ1v) is 12.1. The summed E-state index contributed by atoms with van der Waals surface area (Å²) in [6.45, 7) is 5.74. The lowest BCUT2D eigenvalue weighted by Crippen LogP contribution is -2.34. The lowest BCUT2D eigenvalue weighted by atomic mass is 9.96. The van der Waals surface area contributed by atoms with Crippen LogP contribution < -0.4 is 4.74 Å². The van der Waals surface area contributed by atoms with Crippen LogP contribution in [-0.2, 0) is 23.9 Å². The van der Waals surface area contributed by atoms with Gasteiger partial charge in [0.15, 0.2) is 0 Å². The highest BCUT2D eigenvalue weighted by molar-refractivity contribution is 5.94. The van der Waals surface area contributed by atoms with Crippen molar-refractivity contribution in [2.75, 3.05) is 26.4 Å². The van der Waals surface area contributed by atoms with E-state index in [-0.39, 0.29) is 25.3 Å². The predicted octanol–water partition coefficient (Wildman–Crippen LogP) is 6.47. The summed E-state index contributed by atoms with van der Waals surface area (Å²) in [5.74, 6) is 0.741.